The average molecular weight is 467 g/mol. The van der Waals surface area contributed by atoms with E-state index in [0.717, 1.165) is 47.9 Å². The van der Waals surface area contributed by atoms with Crippen molar-refractivity contribution in [1.29, 1.82) is 0 Å². The second-order valence-corrected chi connectivity index (χ2v) is 6.05. The van der Waals surface area contributed by atoms with Crippen LogP contribution in [-0.2, 0) is 13.1 Å². The molecule has 140 valence electrons. The average Bonchev–Trinajstić information content (AvgIpc) is 3.16. The predicted octanol–water partition coefficient (Wildman–Crippen LogP) is 3.62. The first-order chi connectivity index (χ1) is 12.2. The van der Waals surface area contributed by atoms with E-state index in [4.69, 9.17) is 4.42 Å². The van der Waals surface area contributed by atoms with Gasteiger partial charge in [0, 0.05) is 30.2 Å². The van der Waals surface area contributed by atoms with Crippen molar-refractivity contribution >= 4 is 40.9 Å². The predicted molar refractivity (Wildman–Crippen MR) is 116 cm³/mol. The topological polar surface area (TPSA) is 67.4 Å². The van der Waals surface area contributed by atoms with Crippen LogP contribution in [0.4, 0.5) is 0 Å². The van der Waals surface area contributed by atoms with Gasteiger partial charge in [-0.05, 0) is 32.4 Å². The molecule has 2 N–H and O–H groups in total. The van der Waals surface area contributed by atoms with E-state index in [0.29, 0.717) is 6.54 Å². The van der Waals surface area contributed by atoms with Crippen LogP contribution in [0.5, 0.6) is 0 Å². The largest absolute Gasteiger partial charge is 0.459 e. The lowest BCUT2D eigenvalue weighted by atomic mass is 10.1. The highest BCUT2D eigenvalue weighted by Gasteiger charge is 2.09. The van der Waals surface area contributed by atoms with Crippen LogP contribution in [0.3, 0.4) is 0 Å². The van der Waals surface area contributed by atoms with Gasteiger partial charge in [0.2, 0.25) is 0 Å². The van der Waals surface area contributed by atoms with E-state index in [-0.39, 0.29) is 24.0 Å². The van der Waals surface area contributed by atoms with Gasteiger partial charge in [-0.15, -0.1) is 24.0 Å². The molecule has 26 heavy (non-hydrogen) atoms. The molecule has 0 spiro atoms. The number of guanidine groups is 1. The van der Waals surface area contributed by atoms with Crippen LogP contribution < -0.4 is 10.6 Å². The number of benzene rings is 1. The number of furan rings is 1. The van der Waals surface area contributed by atoms with Crippen LogP contribution in [0, 0.1) is 13.8 Å². The Kier molecular flexibility index (Phi) is 7.50. The molecule has 0 aliphatic heterocycles. The maximum atomic E-state index is 5.93. The van der Waals surface area contributed by atoms with E-state index in [1.165, 1.54) is 5.56 Å². The Morgan fingerprint density at radius 1 is 1.23 bits per heavy atom. The summed E-state index contributed by atoms with van der Waals surface area (Å²) in [5.41, 5.74) is 3.24. The molecule has 0 saturated heterocycles. The van der Waals surface area contributed by atoms with Crippen LogP contribution in [0.2, 0.25) is 0 Å². The number of aryl methyl sites for hydroxylation is 2. The van der Waals surface area contributed by atoms with Crippen LogP contribution in [0.15, 0.2) is 46.1 Å². The fraction of sp³-hybridized carbons (Fsp3) is 0.368. The highest BCUT2D eigenvalue weighted by atomic mass is 127. The van der Waals surface area contributed by atoms with Gasteiger partial charge in [-0.1, -0.05) is 18.2 Å². The van der Waals surface area contributed by atoms with Crippen molar-refractivity contribution in [3.8, 4) is 0 Å². The molecule has 0 radical (unpaired) electrons. The minimum Gasteiger partial charge on any atom is -0.459 e. The fourth-order valence-electron chi connectivity index (χ4n) is 2.75. The number of hydrogen-bond donors (Lipinski definition) is 2. The fourth-order valence-corrected chi connectivity index (χ4v) is 2.75. The molecule has 0 amide bonds. The number of nitrogens with one attached hydrogen (secondary N) is 2. The van der Waals surface area contributed by atoms with E-state index in [1.54, 1.807) is 0 Å². The van der Waals surface area contributed by atoms with E-state index in [9.17, 15) is 0 Å². The molecule has 0 bridgehead atoms. The summed E-state index contributed by atoms with van der Waals surface area (Å²) in [5.74, 6) is 1.69. The number of fused-ring (bicyclic) bond motifs is 1. The molecule has 0 saturated carbocycles. The quantitative estimate of drug-likeness (QED) is 0.330. The van der Waals surface area contributed by atoms with E-state index < -0.39 is 0 Å². The van der Waals surface area contributed by atoms with Gasteiger partial charge in [-0.2, -0.15) is 5.10 Å². The van der Waals surface area contributed by atoms with Gasteiger partial charge in [0.05, 0.1) is 12.7 Å². The van der Waals surface area contributed by atoms with Crippen LogP contribution in [0.25, 0.3) is 11.0 Å². The SMILES string of the molecule is CCNC(=NCc1oc2ccccc2c1C)NCCn1cc(C)cn1.I. The molecule has 1 aromatic carbocycles. The van der Waals surface area contributed by atoms with Crippen LogP contribution in [-0.4, -0.2) is 28.8 Å². The Labute approximate surface area is 171 Å². The molecule has 3 aromatic rings. The van der Waals surface area contributed by atoms with Crippen molar-refractivity contribution in [3.63, 3.8) is 0 Å². The molecular weight excluding hydrogens is 441 g/mol. The molecule has 0 fully saturated rings. The Balaban J connectivity index is 0.00000243. The zero-order chi connectivity index (χ0) is 17.6. The number of aliphatic imine (C=N–C) groups is 1. The molecule has 7 heteroatoms. The summed E-state index contributed by atoms with van der Waals surface area (Å²) in [6.07, 6.45) is 3.90. The van der Waals surface area contributed by atoms with E-state index in [1.807, 2.05) is 42.2 Å². The molecule has 0 unspecified atom stereocenters. The normalized spacial score (nSPS) is 11.4. The third-order valence-corrected chi connectivity index (χ3v) is 4.06. The summed E-state index contributed by atoms with van der Waals surface area (Å²) in [6.45, 7) is 9.05. The molecular formula is C19H26IN5O. The van der Waals surface area contributed by atoms with Crippen LogP contribution >= 0.6 is 24.0 Å². The Bertz CT molecular complexity index is 868. The third kappa shape index (κ3) is 5.00. The Hall–Kier alpha value is -2.03. The van der Waals surface area contributed by atoms with Crippen molar-refractivity contribution in [2.75, 3.05) is 13.1 Å². The first kappa shape index (κ1) is 20.3. The van der Waals surface area contributed by atoms with Crippen molar-refractivity contribution in [3.05, 3.63) is 53.5 Å². The minimum atomic E-state index is 0. The van der Waals surface area contributed by atoms with Crippen molar-refractivity contribution in [2.24, 2.45) is 4.99 Å². The van der Waals surface area contributed by atoms with Crippen LogP contribution in [0.1, 0.15) is 23.8 Å². The maximum Gasteiger partial charge on any atom is 0.191 e. The molecule has 0 aliphatic rings. The molecule has 6 nitrogen and oxygen atoms in total. The molecule has 0 aliphatic carbocycles. The molecule has 3 rings (SSSR count). The van der Waals surface area contributed by atoms with Gasteiger partial charge in [0.25, 0.3) is 0 Å². The lowest BCUT2D eigenvalue weighted by Crippen LogP contribution is -2.38. The standard InChI is InChI=1S/C19H25N5O.HI/c1-4-20-19(21-9-10-24-13-14(2)11-23-24)22-12-18-15(3)16-7-5-6-8-17(16)25-18;/h5-8,11,13H,4,9-10,12H2,1-3H3,(H2,20,21,22);1H. The second-order valence-electron chi connectivity index (χ2n) is 6.05. The summed E-state index contributed by atoms with van der Waals surface area (Å²) >= 11 is 0. The van der Waals surface area contributed by atoms with Gasteiger partial charge in [-0.25, -0.2) is 4.99 Å². The minimum absolute atomic E-state index is 0. The maximum absolute atomic E-state index is 5.93. The van der Waals surface area contributed by atoms with Crippen molar-refractivity contribution < 1.29 is 4.42 Å². The first-order valence-electron chi connectivity index (χ1n) is 8.65. The zero-order valence-corrected chi connectivity index (χ0v) is 17.8. The smallest absolute Gasteiger partial charge is 0.191 e. The molecule has 2 aromatic heterocycles. The number of hydrogen-bond acceptors (Lipinski definition) is 3. The number of rotatable bonds is 6. The number of aromatic nitrogens is 2. The monoisotopic (exact) mass is 467 g/mol. The highest BCUT2D eigenvalue weighted by Crippen LogP contribution is 2.25. The highest BCUT2D eigenvalue weighted by molar-refractivity contribution is 14.0. The Morgan fingerprint density at radius 3 is 2.73 bits per heavy atom. The van der Waals surface area contributed by atoms with Gasteiger partial charge < -0.3 is 15.1 Å². The summed E-state index contributed by atoms with van der Waals surface area (Å²) in [4.78, 5) is 4.65. The summed E-state index contributed by atoms with van der Waals surface area (Å²) in [6, 6.07) is 8.09. The second kappa shape index (κ2) is 9.61. The zero-order valence-electron chi connectivity index (χ0n) is 15.5. The summed E-state index contributed by atoms with van der Waals surface area (Å²) in [5, 5.41) is 12.0. The number of halogens is 1. The molecule has 2 heterocycles. The summed E-state index contributed by atoms with van der Waals surface area (Å²) in [7, 11) is 0. The third-order valence-electron chi connectivity index (χ3n) is 4.06. The van der Waals surface area contributed by atoms with Crippen molar-refractivity contribution in [2.45, 2.75) is 33.9 Å². The van der Waals surface area contributed by atoms with Gasteiger partial charge >= 0.3 is 0 Å². The summed E-state index contributed by atoms with van der Waals surface area (Å²) < 4.78 is 7.85. The lowest BCUT2D eigenvalue weighted by molar-refractivity contribution is 0.547. The van der Waals surface area contributed by atoms with Crippen molar-refractivity contribution in [1.82, 2.24) is 20.4 Å². The van der Waals surface area contributed by atoms with E-state index in [2.05, 4.69) is 40.6 Å². The Morgan fingerprint density at radius 2 is 2.04 bits per heavy atom. The number of para-hydroxylation sites is 1. The van der Waals surface area contributed by atoms with Gasteiger partial charge in [0.1, 0.15) is 17.9 Å². The number of nitrogens with zero attached hydrogens (tertiary/aromatic N) is 3. The van der Waals surface area contributed by atoms with Gasteiger partial charge in [-0.3, -0.25) is 4.68 Å². The molecule has 0 atom stereocenters. The lowest BCUT2D eigenvalue weighted by Gasteiger charge is -2.11. The van der Waals surface area contributed by atoms with Gasteiger partial charge in [0.15, 0.2) is 5.96 Å². The van der Waals surface area contributed by atoms with E-state index >= 15 is 0 Å². The first-order valence-corrected chi connectivity index (χ1v) is 8.65.